The number of esters is 1. The fourth-order valence-corrected chi connectivity index (χ4v) is 4.23. The van der Waals surface area contributed by atoms with Crippen LogP contribution in [0.4, 0.5) is 8.78 Å². The summed E-state index contributed by atoms with van der Waals surface area (Å²) in [4.78, 5) is 12.2. The van der Waals surface area contributed by atoms with Crippen LogP contribution in [0.2, 0.25) is 0 Å². The highest BCUT2D eigenvalue weighted by molar-refractivity contribution is 5.95. The van der Waals surface area contributed by atoms with E-state index < -0.39 is 23.4 Å². The topological polar surface area (TPSA) is 26.3 Å². The van der Waals surface area contributed by atoms with Gasteiger partial charge in [0.15, 0.2) is 0 Å². The van der Waals surface area contributed by atoms with Gasteiger partial charge in [0, 0.05) is 11.5 Å². The molecule has 1 spiro atoms. The average molecular weight is 342 g/mol. The fraction of sp³-hybridized carbons (Fsp3) is 0.381. The second-order valence-corrected chi connectivity index (χ2v) is 7.16. The smallest absolute Gasteiger partial charge is 0.339 e. The summed E-state index contributed by atoms with van der Waals surface area (Å²) in [6.45, 7) is 1.98. The monoisotopic (exact) mass is 342 g/mol. The summed E-state index contributed by atoms with van der Waals surface area (Å²) in [6, 6.07) is 14.3. The van der Waals surface area contributed by atoms with Crippen molar-refractivity contribution < 1.29 is 18.3 Å². The van der Waals surface area contributed by atoms with Crippen molar-refractivity contribution in [2.75, 3.05) is 0 Å². The molecule has 0 bridgehead atoms. The Kier molecular flexibility index (Phi) is 3.67. The van der Waals surface area contributed by atoms with Crippen LogP contribution >= 0.6 is 0 Å². The van der Waals surface area contributed by atoms with Gasteiger partial charge in [-0.25, -0.2) is 13.6 Å². The number of alkyl halides is 2. The third-order valence-electron chi connectivity index (χ3n) is 5.58. The van der Waals surface area contributed by atoms with E-state index in [0.29, 0.717) is 18.4 Å². The van der Waals surface area contributed by atoms with E-state index in [1.165, 1.54) is 0 Å². The minimum atomic E-state index is -3.10. The first-order valence-electron chi connectivity index (χ1n) is 8.70. The Morgan fingerprint density at radius 2 is 1.84 bits per heavy atom. The van der Waals surface area contributed by atoms with Crippen LogP contribution in [0.1, 0.15) is 46.3 Å². The molecule has 0 amide bonds. The average Bonchev–Trinajstić information content (AvgIpc) is 2.89. The molecule has 0 aromatic heterocycles. The number of ether oxygens (including phenoxy) is 1. The highest BCUT2D eigenvalue weighted by Gasteiger charge is 2.66. The van der Waals surface area contributed by atoms with Crippen molar-refractivity contribution in [2.45, 2.75) is 44.1 Å². The molecule has 0 saturated heterocycles. The van der Waals surface area contributed by atoms with Crippen molar-refractivity contribution in [3.63, 3.8) is 0 Å². The van der Waals surface area contributed by atoms with E-state index in [0.717, 1.165) is 11.1 Å². The molecule has 2 aromatic carbocycles. The number of hydrogen-bond acceptors (Lipinski definition) is 2. The number of halogens is 2. The van der Waals surface area contributed by atoms with Crippen LogP contribution in [0, 0.1) is 12.8 Å². The van der Waals surface area contributed by atoms with Gasteiger partial charge in [-0.05, 0) is 44.2 Å². The molecule has 2 aromatic rings. The predicted molar refractivity (Wildman–Crippen MR) is 90.7 cm³/mol. The van der Waals surface area contributed by atoms with Gasteiger partial charge in [-0.2, -0.15) is 0 Å². The molecule has 1 saturated carbocycles. The zero-order valence-corrected chi connectivity index (χ0v) is 14.1. The van der Waals surface area contributed by atoms with Gasteiger partial charge in [0.25, 0.3) is 5.92 Å². The standard InChI is InChI=1S/C21H20F2O2/c1-14-8-10-15(11-9-14)13-16-5-4-12-20(21(16,22)23)18-7-3-2-6-17(18)19(24)25-20/h2-3,6-11,16H,4-5,12-13H2,1H3. The van der Waals surface area contributed by atoms with Crippen molar-refractivity contribution >= 4 is 5.97 Å². The first-order chi connectivity index (χ1) is 11.9. The maximum atomic E-state index is 15.6. The first-order valence-corrected chi connectivity index (χ1v) is 8.70. The summed E-state index contributed by atoms with van der Waals surface area (Å²) in [6.07, 6.45) is 1.51. The summed E-state index contributed by atoms with van der Waals surface area (Å²) in [5.41, 5.74) is 0.810. The van der Waals surface area contributed by atoms with Crippen molar-refractivity contribution in [1.82, 2.24) is 0 Å². The molecule has 1 fully saturated rings. The lowest BCUT2D eigenvalue weighted by molar-refractivity contribution is -0.232. The normalized spacial score (nSPS) is 27.2. The van der Waals surface area contributed by atoms with E-state index >= 15 is 8.78 Å². The molecule has 4 heteroatoms. The number of benzene rings is 2. The van der Waals surface area contributed by atoms with Crippen LogP contribution in [0.15, 0.2) is 48.5 Å². The predicted octanol–water partition coefficient (Wildman–Crippen LogP) is 5.04. The molecule has 0 radical (unpaired) electrons. The number of hydrogen-bond donors (Lipinski definition) is 0. The number of carbonyl (C=O) groups excluding carboxylic acids is 1. The molecular formula is C21H20F2O2. The van der Waals surface area contributed by atoms with Crippen LogP contribution in [0.5, 0.6) is 0 Å². The minimum Gasteiger partial charge on any atom is -0.444 e. The van der Waals surface area contributed by atoms with Crippen LogP contribution in [-0.4, -0.2) is 11.9 Å². The Labute approximate surface area is 145 Å². The largest absolute Gasteiger partial charge is 0.444 e. The zero-order chi connectivity index (χ0) is 17.7. The van der Waals surface area contributed by atoms with Gasteiger partial charge in [-0.15, -0.1) is 0 Å². The number of aryl methyl sites for hydroxylation is 1. The van der Waals surface area contributed by atoms with Gasteiger partial charge in [0.1, 0.15) is 0 Å². The van der Waals surface area contributed by atoms with Gasteiger partial charge in [0.2, 0.25) is 5.60 Å². The van der Waals surface area contributed by atoms with E-state index in [1.54, 1.807) is 24.3 Å². The first kappa shape index (κ1) is 16.2. The van der Waals surface area contributed by atoms with Crippen molar-refractivity contribution in [2.24, 2.45) is 5.92 Å². The lowest BCUT2D eigenvalue weighted by Gasteiger charge is -2.44. The highest BCUT2D eigenvalue weighted by atomic mass is 19.3. The molecule has 2 unspecified atom stereocenters. The molecule has 2 nitrogen and oxygen atoms in total. The number of fused-ring (bicyclic) bond motifs is 2. The van der Waals surface area contributed by atoms with E-state index in [2.05, 4.69) is 0 Å². The zero-order valence-electron chi connectivity index (χ0n) is 14.1. The van der Waals surface area contributed by atoms with E-state index in [1.807, 2.05) is 31.2 Å². The van der Waals surface area contributed by atoms with Gasteiger partial charge < -0.3 is 4.74 Å². The van der Waals surface area contributed by atoms with Crippen molar-refractivity contribution in [3.05, 3.63) is 70.8 Å². The van der Waals surface area contributed by atoms with Gasteiger partial charge >= 0.3 is 5.97 Å². The molecule has 1 aliphatic carbocycles. The van der Waals surface area contributed by atoms with Gasteiger partial charge in [-0.1, -0.05) is 48.0 Å². The Morgan fingerprint density at radius 1 is 1.12 bits per heavy atom. The summed E-state index contributed by atoms with van der Waals surface area (Å²) < 4.78 is 36.5. The van der Waals surface area contributed by atoms with E-state index in [4.69, 9.17) is 4.74 Å². The van der Waals surface area contributed by atoms with E-state index in [-0.39, 0.29) is 18.4 Å². The van der Waals surface area contributed by atoms with Crippen LogP contribution in [-0.2, 0) is 16.8 Å². The number of rotatable bonds is 2. The Bertz CT molecular complexity index is 813. The van der Waals surface area contributed by atoms with Gasteiger partial charge in [-0.3, -0.25) is 0 Å². The minimum absolute atomic E-state index is 0.174. The third-order valence-corrected chi connectivity index (χ3v) is 5.58. The molecular weight excluding hydrogens is 322 g/mol. The summed E-state index contributed by atoms with van der Waals surface area (Å²) in [5.74, 6) is -4.58. The van der Waals surface area contributed by atoms with Gasteiger partial charge in [0.05, 0.1) is 5.56 Å². The Hall–Kier alpha value is -2.23. The lowest BCUT2D eigenvalue weighted by atomic mass is 9.69. The second kappa shape index (κ2) is 5.65. The van der Waals surface area contributed by atoms with Crippen molar-refractivity contribution in [3.8, 4) is 0 Å². The van der Waals surface area contributed by atoms with Crippen LogP contribution in [0.25, 0.3) is 0 Å². The Morgan fingerprint density at radius 3 is 2.60 bits per heavy atom. The van der Waals surface area contributed by atoms with Crippen LogP contribution < -0.4 is 0 Å². The van der Waals surface area contributed by atoms with Crippen LogP contribution in [0.3, 0.4) is 0 Å². The quantitative estimate of drug-likeness (QED) is 0.715. The second-order valence-electron chi connectivity index (χ2n) is 7.16. The fourth-order valence-electron chi connectivity index (χ4n) is 4.23. The molecule has 1 aliphatic heterocycles. The molecule has 25 heavy (non-hydrogen) atoms. The molecule has 130 valence electrons. The maximum absolute atomic E-state index is 15.6. The Balaban J connectivity index is 1.71. The molecule has 2 aliphatic rings. The molecule has 0 N–H and O–H groups in total. The lowest BCUT2D eigenvalue weighted by Crippen LogP contribution is -2.53. The number of carbonyl (C=O) groups is 1. The third kappa shape index (κ3) is 2.38. The summed E-state index contributed by atoms with van der Waals surface area (Å²) in [5, 5.41) is 0. The van der Waals surface area contributed by atoms with Crippen molar-refractivity contribution in [1.29, 1.82) is 0 Å². The molecule has 2 atom stereocenters. The maximum Gasteiger partial charge on any atom is 0.339 e. The summed E-state index contributed by atoms with van der Waals surface area (Å²) in [7, 11) is 0. The van der Waals surface area contributed by atoms with E-state index in [9.17, 15) is 4.79 Å². The molecule has 4 rings (SSSR count). The molecule has 1 heterocycles. The SMILES string of the molecule is Cc1ccc(CC2CCCC3(OC(=O)c4ccccc43)C2(F)F)cc1. The summed E-state index contributed by atoms with van der Waals surface area (Å²) >= 11 is 0. The highest BCUT2D eigenvalue weighted by Crippen LogP contribution is 2.57.